The Balaban J connectivity index is 2.44. The highest BCUT2D eigenvalue weighted by Gasteiger charge is 2.27. The van der Waals surface area contributed by atoms with E-state index in [4.69, 9.17) is 11.1 Å². The first-order valence-electron chi connectivity index (χ1n) is 5.74. The summed E-state index contributed by atoms with van der Waals surface area (Å²) in [6.45, 7) is 2.71. The Bertz CT molecular complexity index is 220. The molecule has 0 spiro atoms. The van der Waals surface area contributed by atoms with Crippen LogP contribution < -0.4 is 5.73 Å². The minimum absolute atomic E-state index is 0.0733. The second kappa shape index (κ2) is 5.47. The molecule has 0 heterocycles. The van der Waals surface area contributed by atoms with Crippen LogP contribution in [0.4, 0.5) is 0 Å². The van der Waals surface area contributed by atoms with E-state index in [1.807, 2.05) is 14.0 Å². The van der Waals surface area contributed by atoms with Crippen molar-refractivity contribution in [3.05, 3.63) is 0 Å². The lowest BCUT2D eigenvalue weighted by Crippen LogP contribution is -2.46. The summed E-state index contributed by atoms with van der Waals surface area (Å²) >= 11 is 0. The van der Waals surface area contributed by atoms with Gasteiger partial charge in [-0.05, 0) is 19.9 Å². The molecule has 1 rings (SSSR count). The van der Waals surface area contributed by atoms with Gasteiger partial charge in [0, 0.05) is 18.5 Å². The third-order valence-corrected chi connectivity index (χ3v) is 3.35. The van der Waals surface area contributed by atoms with Gasteiger partial charge in [0.05, 0.1) is 11.9 Å². The topological polar surface area (TPSA) is 73.3 Å². The molecule has 3 unspecified atom stereocenters. The minimum atomic E-state index is -0.206. The molecule has 0 bridgehead atoms. The fourth-order valence-corrected chi connectivity index (χ4v) is 2.27. The number of aliphatic hydroxyl groups excluding tert-OH is 1. The van der Waals surface area contributed by atoms with E-state index in [0.717, 1.165) is 25.8 Å². The third-order valence-electron chi connectivity index (χ3n) is 3.35. The Morgan fingerprint density at radius 1 is 1.53 bits per heavy atom. The number of hydrogen-bond acceptors (Lipinski definition) is 3. The van der Waals surface area contributed by atoms with Crippen molar-refractivity contribution in [2.45, 2.75) is 44.8 Å². The molecule has 15 heavy (non-hydrogen) atoms. The van der Waals surface area contributed by atoms with Crippen molar-refractivity contribution in [2.24, 2.45) is 11.7 Å². The van der Waals surface area contributed by atoms with E-state index in [1.165, 1.54) is 6.42 Å². The van der Waals surface area contributed by atoms with E-state index in [9.17, 15) is 5.11 Å². The predicted molar refractivity (Wildman–Crippen MR) is 62.0 cm³/mol. The van der Waals surface area contributed by atoms with E-state index in [-0.39, 0.29) is 23.9 Å². The standard InChI is InChI=1S/C11H23N3O/c1-8(11(12)13)7-14(2)9-5-3-4-6-10(9)15/h8-10,15H,3-7H2,1-2H3,(H3,12,13). The van der Waals surface area contributed by atoms with Crippen LogP contribution in [0.5, 0.6) is 0 Å². The molecule has 0 aromatic rings. The van der Waals surface area contributed by atoms with Gasteiger partial charge in [0.15, 0.2) is 0 Å². The predicted octanol–water partition coefficient (Wildman–Crippen LogP) is 0.794. The highest BCUT2D eigenvalue weighted by atomic mass is 16.3. The largest absolute Gasteiger partial charge is 0.391 e. The Labute approximate surface area is 92.0 Å². The van der Waals surface area contributed by atoms with Crippen molar-refractivity contribution in [3.8, 4) is 0 Å². The van der Waals surface area contributed by atoms with Gasteiger partial charge in [-0.3, -0.25) is 5.41 Å². The van der Waals surface area contributed by atoms with Crippen LogP contribution in [-0.4, -0.2) is 41.6 Å². The van der Waals surface area contributed by atoms with Gasteiger partial charge < -0.3 is 15.7 Å². The molecular weight excluding hydrogens is 190 g/mol. The van der Waals surface area contributed by atoms with Crippen LogP contribution in [0.2, 0.25) is 0 Å². The van der Waals surface area contributed by atoms with Gasteiger partial charge in [0.2, 0.25) is 0 Å². The van der Waals surface area contributed by atoms with Crippen molar-refractivity contribution >= 4 is 5.84 Å². The lowest BCUT2D eigenvalue weighted by atomic mass is 9.91. The quantitative estimate of drug-likeness (QED) is 0.477. The molecule has 1 aliphatic rings. The van der Waals surface area contributed by atoms with Crippen molar-refractivity contribution < 1.29 is 5.11 Å². The minimum Gasteiger partial charge on any atom is -0.391 e. The third kappa shape index (κ3) is 3.47. The molecule has 0 aliphatic heterocycles. The molecule has 1 saturated carbocycles. The van der Waals surface area contributed by atoms with E-state index >= 15 is 0 Å². The number of hydrogen-bond donors (Lipinski definition) is 3. The van der Waals surface area contributed by atoms with Crippen molar-refractivity contribution in [3.63, 3.8) is 0 Å². The number of aliphatic hydroxyl groups is 1. The van der Waals surface area contributed by atoms with E-state index in [0.29, 0.717) is 0 Å². The van der Waals surface area contributed by atoms with Gasteiger partial charge in [0.25, 0.3) is 0 Å². The number of likely N-dealkylation sites (N-methyl/N-ethyl adjacent to an activating group) is 1. The lowest BCUT2D eigenvalue weighted by molar-refractivity contribution is 0.0297. The summed E-state index contributed by atoms with van der Waals surface area (Å²) in [5.41, 5.74) is 5.44. The number of rotatable bonds is 4. The molecule has 0 saturated heterocycles. The monoisotopic (exact) mass is 213 g/mol. The number of nitrogens with zero attached hydrogens (tertiary/aromatic N) is 1. The first-order valence-corrected chi connectivity index (χ1v) is 5.74. The van der Waals surface area contributed by atoms with Gasteiger partial charge in [-0.15, -0.1) is 0 Å². The van der Waals surface area contributed by atoms with Crippen LogP contribution in [-0.2, 0) is 0 Å². The van der Waals surface area contributed by atoms with Gasteiger partial charge in [-0.25, -0.2) is 0 Å². The zero-order chi connectivity index (χ0) is 11.4. The van der Waals surface area contributed by atoms with Crippen LogP contribution in [0, 0.1) is 11.3 Å². The molecule has 0 radical (unpaired) electrons. The van der Waals surface area contributed by atoms with Crippen LogP contribution in [0.25, 0.3) is 0 Å². The van der Waals surface area contributed by atoms with Crippen molar-refractivity contribution in [1.29, 1.82) is 5.41 Å². The van der Waals surface area contributed by atoms with Crippen molar-refractivity contribution in [1.82, 2.24) is 4.90 Å². The summed E-state index contributed by atoms with van der Waals surface area (Å²) in [5, 5.41) is 17.2. The van der Waals surface area contributed by atoms with Crippen LogP contribution in [0.15, 0.2) is 0 Å². The smallest absolute Gasteiger partial charge is 0.0947 e. The molecule has 88 valence electrons. The Hall–Kier alpha value is -0.610. The maximum absolute atomic E-state index is 9.86. The Kier molecular flexibility index (Phi) is 4.54. The molecule has 0 amide bonds. The zero-order valence-corrected chi connectivity index (χ0v) is 9.74. The summed E-state index contributed by atoms with van der Waals surface area (Å²) in [6.07, 6.45) is 4.09. The molecule has 0 aromatic carbocycles. The molecule has 4 N–H and O–H groups in total. The molecule has 4 heteroatoms. The molecule has 3 atom stereocenters. The Morgan fingerprint density at radius 2 is 2.13 bits per heavy atom. The average Bonchev–Trinajstić information content (AvgIpc) is 2.18. The highest BCUT2D eigenvalue weighted by Crippen LogP contribution is 2.22. The average molecular weight is 213 g/mol. The SMILES string of the molecule is CC(CN(C)C1CCCCC1O)C(=N)N. The molecule has 1 fully saturated rings. The van der Waals surface area contributed by atoms with Crippen molar-refractivity contribution in [2.75, 3.05) is 13.6 Å². The van der Waals surface area contributed by atoms with Gasteiger partial charge in [-0.2, -0.15) is 0 Å². The second-order valence-corrected chi connectivity index (χ2v) is 4.72. The maximum Gasteiger partial charge on any atom is 0.0947 e. The molecule has 0 aromatic heterocycles. The van der Waals surface area contributed by atoms with E-state index in [2.05, 4.69) is 4.90 Å². The molecule has 4 nitrogen and oxygen atoms in total. The number of nitrogens with two attached hydrogens (primary N) is 1. The van der Waals surface area contributed by atoms with Crippen LogP contribution in [0.1, 0.15) is 32.6 Å². The second-order valence-electron chi connectivity index (χ2n) is 4.72. The lowest BCUT2D eigenvalue weighted by Gasteiger charge is -2.36. The first-order chi connectivity index (χ1) is 7.02. The van der Waals surface area contributed by atoms with E-state index in [1.54, 1.807) is 0 Å². The summed E-state index contributed by atoms with van der Waals surface area (Å²) < 4.78 is 0. The van der Waals surface area contributed by atoms with E-state index < -0.39 is 0 Å². The van der Waals surface area contributed by atoms with Gasteiger partial charge >= 0.3 is 0 Å². The normalized spacial score (nSPS) is 29.1. The highest BCUT2D eigenvalue weighted by molar-refractivity contribution is 5.79. The molecular formula is C11H23N3O. The van der Waals surface area contributed by atoms with Gasteiger partial charge in [0.1, 0.15) is 0 Å². The maximum atomic E-state index is 9.86. The zero-order valence-electron chi connectivity index (χ0n) is 9.74. The summed E-state index contributed by atoms with van der Waals surface area (Å²) in [6, 6.07) is 0.251. The fraction of sp³-hybridized carbons (Fsp3) is 0.909. The number of amidine groups is 1. The van der Waals surface area contributed by atoms with Crippen LogP contribution in [0.3, 0.4) is 0 Å². The summed E-state index contributed by atoms with van der Waals surface area (Å²) in [4.78, 5) is 2.15. The van der Waals surface area contributed by atoms with Gasteiger partial charge in [-0.1, -0.05) is 19.8 Å². The molecule has 1 aliphatic carbocycles. The number of nitrogens with one attached hydrogen (secondary N) is 1. The first kappa shape index (κ1) is 12.5. The summed E-state index contributed by atoms with van der Waals surface area (Å²) in [7, 11) is 2.01. The van der Waals surface area contributed by atoms with Crippen LogP contribution >= 0.6 is 0 Å². The fourth-order valence-electron chi connectivity index (χ4n) is 2.27. The Morgan fingerprint density at radius 3 is 2.67 bits per heavy atom. The summed E-state index contributed by atoms with van der Waals surface area (Å²) in [5.74, 6) is 0.302.